The summed E-state index contributed by atoms with van der Waals surface area (Å²) in [6.45, 7) is 10.3. The molecule has 0 unspecified atom stereocenters. The zero-order chi connectivity index (χ0) is 18.4. The van der Waals surface area contributed by atoms with E-state index < -0.39 is 0 Å². The van der Waals surface area contributed by atoms with E-state index in [0.29, 0.717) is 19.5 Å². The Hall–Kier alpha value is -1.54. The van der Waals surface area contributed by atoms with Crippen LogP contribution >= 0.6 is 0 Å². The highest BCUT2D eigenvalue weighted by Gasteiger charge is 2.21. The topological polar surface area (TPSA) is 76.4 Å². The van der Waals surface area contributed by atoms with Crippen LogP contribution in [0, 0.1) is 5.92 Å². The van der Waals surface area contributed by atoms with Gasteiger partial charge in [-0.05, 0) is 62.0 Å². The van der Waals surface area contributed by atoms with Gasteiger partial charge in [-0.2, -0.15) is 0 Å². The van der Waals surface area contributed by atoms with E-state index in [1.165, 1.54) is 12.8 Å². The number of amides is 1. The Labute approximate surface area is 155 Å². The molecule has 0 aromatic carbocycles. The quantitative estimate of drug-likeness (QED) is 0.758. The summed E-state index contributed by atoms with van der Waals surface area (Å²) in [5, 5.41) is 12.1. The molecule has 2 fully saturated rings. The number of aryl methyl sites for hydroxylation is 1. The van der Waals surface area contributed by atoms with E-state index in [1.54, 1.807) is 0 Å². The molecule has 2 saturated heterocycles. The molecule has 1 amide bonds. The molecule has 146 valence electrons. The number of piperidine rings is 1. The Kier molecular flexibility index (Phi) is 6.96. The molecule has 3 rings (SSSR count). The molecule has 0 N–H and O–H groups in total. The average molecular weight is 364 g/mol. The van der Waals surface area contributed by atoms with Crippen molar-refractivity contribution in [3.8, 4) is 0 Å². The first-order valence-electron chi connectivity index (χ1n) is 9.98. The van der Waals surface area contributed by atoms with E-state index in [4.69, 9.17) is 4.74 Å². The van der Waals surface area contributed by atoms with E-state index in [1.807, 2.05) is 16.5 Å². The molecule has 2 aliphatic rings. The second-order valence-electron chi connectivity index (χ2n) is 7.76. The van der Waals surface area contributed by atoms with Gasteiger partial charge in [0.2, 0.25) is 5.91 Å². The van der Waals surface area contributed by atoms with Crippen molar-refractivity contribution in [2.75, 3.05) is 32.8 Å². The number of aromatic nitrogens is 4. The lowest BCUT2D eigenvalue weighted by molar-refractivity contribution is -0.132. The highest BCUT2D eigenvalue weighted by molar-refractivity contribution is 5.76. The Morgan fingerprint density at radius 3 is 2.85 bits per heavy atom. The van der Waals surface area contributed by atoms with Crippen molar-refractivity contribution in [3.05, 3.63) is 5.82 Å². The standard InChI is InChI=1S/C18H32N6O2/c1-15-6-10-22(11-7-15)14-17-19-20-21-24(17)9-3-5-18(25)23-8-4-12-26-16(2)13-23/h15-16H,3-14H2,1-2H3/t16-/m0/s1. The number of likely N-dealkylation sites (tertiary alicyclic amines) is 1. The summed E-state index contributed by atoms with van der Waals surface area (Å²) in [6.07, 6.45) is 4.83. The minimum atomic E-state index is 0.125. The van der Waals surface area contributed by atoms with Crippen molar-refractivity contribution in [1.82, 2.24) is 30.0 Å². The number of nitrogens with zero attached hydrogens (tertiary/aromatic N) is 6. The zero-order valence-corrected chi connectivity index (χ0v) is 16.1. The predicted molar refractivity (Wildman–Crippen MR) is 97.3 cm³/mol. The van der Waals surface area contributed by atoms with Gasteiger partial charge < -0.3 is 9.64 Å². The molecule has 1 aromatic rings. The summed E-state index contributed by atoms with van der Waals surface area (Å²) >= 11 is 0. The Bertz CT molecular complexity index is 570. The highest BCUT2D eigenvalue weighted by Crippen LogP contribution is 2.17. The van der Waals surface area contributed by atoms with Crippen LogP contribution in [-0.4, -0.2) is 74.8 Å². The molecule has 0 saturated carbocycles. The number of hydrogen-bond acceptors (Lipinski definition) is 6. The fraction of sp³-hybridized carbons (Fsp3) is 0.889. The first kappa shape index (κ1) is 19.2. The first-order valence-corrected chi connectivity index (χ1v) is 9.98. The molecule has 8 heteroatoms. The summed E-state index contributed by atoms with van der Waals surface area (Å²) in [7, 11) is 0. The van der Waals surface area contributed by atoms with Crippen LogP contribution < -0.4 is 0 Å². The summed E-state index contributed by atoms with van der Waals surface area (Å²) in [5.41, 5.74) is 0. The molecule has 1 atom stereocenters. The lowest BCUT2D eigenvalue weighted by Gasteiger charge is -2.29. The van der Waals surface area contributed by atoms with Crippen molar-refractivity contribution in [2.24, 2.45) is 5.92 Å². The van der Waals surface area contributed by atoms with E-state index in [2.05, 4.69) is 27.3 Å². The normalized spacial score (nSPS) is 23.2. The van der Waals surface area contributed by atoms with Gasteiger partial charge in [0.25, 0.3) is 0 Å². The first-order chi connectivity index (χ1) is 12.6. The molecule has 8 nitrogen and oxygen atoms in total. The fourth-order valence-corrected chi connectivity index (χ4v) is 3.69. The van der Waals surface area contributed by atoms with Gasteiger partial charge in [0.1, 0.15) is 0 Å². The van der Waals surface area contributed by atoms with Crippen LogP contribution in [0.5, 0.6) is 0 Å². The maximum atomic E-state index is 12.5. The van der Waals surface area contributed by atoms with Crippen LogP contribution in [0.2, 0.25) is 0 Å². The predicted octanol–water partition coefficient (Wildman–Crippen LogP) is 1.32. The van der Waals surface area contributed by atoms with Crippen LogP contribution in [0.1, 0.15) is 51.8 Å². The molecule has 1 aromatic heterocycles. The molecule has 0 radical (unpaired) electrons. The van der Waals surface area contributed by atoms with E-state index >= 15 is 0 Å². The molecule has 26 heavy (non-hydrogen) atoms. The van der Waals surface area contributed by atoms with Crippen molar-refractivity contribution in [2.45, 2.75) is 65.1 Å². The number of carbonyl (C=O) groups is 1. The molecule has 0 aliphatic carbocycles. The minimum absolute atomic E-state index is 0.125. The molecular weight excluding hydrogens is 332 g/mol. The maximum absolute atomic E-state index is 12.5. The van der Waals surface area contributed by atoms with Gasteiger partial charge in [-0.15, -0.1) is 5.10 Å². The summed E-state index contributed by atoms with van der Waals surface area (Å²) in [5.74, 6) is 1.94. The highest BCUT2D eigenvalue weighted by atomic mass is 16.5. The van der Waals surface area contributed by atoms with Gasteiger partial charge >= 0.3 is 0 Å². The number of carbonyl (C=O) groups excluding carboxylic acids is 1. The summed E-state index contributed by atoms with van der Waals surface area (Å²) in [4.78, 5) is 16.8. The molecule has 3 heterocycles. The molecule has 0 spiro atoms. The number of rotatable bonds is 6. The van der Waals surface area contributed by atoms with Gasteiger partial charge in [-0.1, -0.05) is 6.92 Å². The molecular formula is C18H32N6O2. The van der Waals surface area contributed by atoms with Gasteiger partial charge in [0.15, 0.2) is 5.82 Å². The van der Waals surface area contributed by atoms with Crippen molar-refractivity contribution in [1.29, 1.82) is 0 Å². The monoisotopic (exact) mass is 364 g/mol. The second kappa shape index (κ2) is 9.41. The van der Waals surface area contributed by atoms with Crippen LogP contribution in [0.3, 0.4) is 0 Å². The third-order valence-electron chi connectivity index (χ3n) is 5.41. The van der Waals surface area contributed by atoms with Crippen molar-refractivity contribution < 1.29 is 9.53 Å². The maximum Gasteiger partial charge on any atom is 0.222 e. The number of tetrazole rings is 1. The van der Waals surface area contributed by atoms with Crippen LogP contribution in [0.25, 0.3) is 0 Å². The Balaban J connectivity index is 1.43. The Morgan fingerprint density at radius 2 is 2.04 bits per heavy atom. The van der Waals surface area contributed by atoms with Crippen molar-refractivity contribution >= 4 is 5.91 Å². The Morgan fingerprint density at radius 1 is 1.23 bits per heavy atom. The number of ether oxygens (including phenoxy) is 1. The third-order valence-corrected chi connectivity index (χ3v) is 5.41. The summed E-state index contributed by atoms with van der Waals surface area (Å²) in [6, 6.07) is 0. The van der Waals surface area contributed by atoms with E-state index in [-0.39, 0.29) is 12.0 Å². The lowest BCUT2D eigenvalue weighted by Crippen LogP contribution is -2.36. The van der Waals surface area contributed by atoms with Gasteiger partial charge in [-0.3, -0.25) is 9.69 Å². The minimum Gasteiger partial charge on any atom is -0.377 e. The third kappa shape index (κ3) is 5.48. The largest absolute Gasteiger partial charge is 0.377 e. The molecule has 2 aliphatic heterocycles. The van der Waals surface area contributed by atoms with Gasteiger partial charge in [-0.25, -0.2) is 4.68 Å². The van der Waals surface area contributed by atoms with Crippen molar-refractivity contribution in [3.63, 3.8) is 0 Å². The fourth-order valence-electron chi connectivity index (χ4n) is 3.69. The van der Waals surface area contributed by atoms with E-state index in [0.717, 1.165) is 57.4 Å². The smallest absolute Gasteiger partial charge is 0.222 e. The SMILES string of the molecule is CC1CCN(Cc2nnnn2CCCC(=O)N2CCCO[C@@H](C)C2)CC1. The lowest BCUT2D eigenvalue weighted by atomic mass is 9.99. The number of hydrogen-bond donors (Lipinski definition) is 0. The molecule has 0 bridgehead atoms. The summed E-state index contributed by atoms with van der Waals surface area (Å²) < 4.78 is 7.47. The zero-order valence-electron chi connectivity index (χ0n) is 16.1. The van der Waals surface area contributed by atoms with Gasteiger partial charge in [0.05, 0.1) is 12.6 Å². The van der Waals surface area contributed by atoms with Crippen LogP contribution in [0.15, 0.2) is 0 Å². The van der Waals surface area contributed by atoms with E-state index in [9.17, 15) is 4.79 Å². The van der Waals surface area contributed by atoms with Crippen LogP contribution in [0.4, 0.5) is 0 Å². The average Bonchev–Trinajstić information content (AvgIpc) is 2.94. The van der Waals surface area contributed by atoms with Gasteiger partial charge in [0, 0.05) is 32.7 Å². The van der Waals surface area contributed by atoms with Crippen LogP contribution in [-0.2, 0) is 22.6 Å². The second-order valence-corrected chi connectivity index (χ2v) is 7.76.